The molecule has 0 fully saturated rings. The van der Waals surface area contributed by atoms with Crippen LogP contribution in [0.4, 0.5) is 17.1 Å². The summed E-state index contributed by atoms with van der Waals surface area (Å²) in [5, 5.41) is 4.52. The molecule has 0 atom stereocenters. The van der Waals surface area contributed by atoms with Crippen molar-refractivity contribution in [1.82, 2.24) is 4.57 Å². The van der Waals surface area contributed by atoms with Gasteiger partial charge in [-0.1, -0.05) is 72.8 Å². The summed E-state index contributed by atoms with van der Waals surface area (Å²) in [6.07, 6.45) is 0. The Labute approximate surface area is 269 Å². The number of furan rings is 1. The Bertz CT molecular complexity index is 2740. The lowest BCUT2D eigenvalue weighted by Gasteiger charge is -2.28. The van der Waals surface area contributed by atoms with Crippen molar-refractivity contribution >= 4 is 60.8 Å². The molecule has 0 saturated heterocycles. The summed E-state index contributed by atoms with van der Waals surface area (Å²) in [5.41, 5.74) is 10.2. The van der Waals surface area contributed by atoms with Gasteiger partial charge in [0.2, 0.25) is 0 Å². The zero-order valence-corrected chi connectivity index (χ0v) is 25.0. The zero-order chi connectivity index (χ0) is 30.6. The van der Waals surface area contributed by atoms with Crippen LogP contribution in [0.25, 0.3) is 60.6 Å². The van der Waals surface area contributed by atoms with Gasteiger partial charge in [0.15, 0.2) is 23.0 Å². The van der Waals surface area contributed by atoms with Gasteiger partial charge in [0.25, 0.3) is 0 Å². The fourth-order valence-electron chi connectivity index (χ4n) is 7.51. The van der Waals surface area contributed by atoms with Crippen molar-refractivity contribution in [1.29, 1.82) is 0 Å². The standard InChI is InChI=1S/C42H24N2O3/c1-2-8-26(9-3-1)43(28-20-23-35-33(24-28)30-10-4-5-12-34(30)45-35)27-18-16-25(17-19-27)29-21-22-32-31-11-6-13-36-39(31)44-40(32)42(29)47-38-15-7-14-37(46-36)41(38)44/h1-24H. The molecule has 4 heterocycles. The molecule has 0 spiro atoms. The molecular formula is C42H24N2O3. The second-order valence-electron chi connectivity index (χ2n) is 12.1. The van der Waals surface area contributed by atoms with E-state index in [9.17, 15) is 0 Å². The lowest BCUT2D eigenvalue weighted by molar-refractivity contribution is 0.445. The van der Waals surface area contributed by atoms with Crippen molar-refractivity contribution in [3.05, 3.63) is 146 Å². The molecular weight excluding hydrogens is 580 g/mol. The van der Waals surface area contributed by atoms with Crippen molar-refractivity contribution < 1.29 is 13.9 Å². The first-order valence-electron chi connectivity index (χ1n) is 15.8. The summed E-state index contributed by atoms with van der Waals surface area (Å²) in [4.78, 5) is 2.29. The highest BCUT2D eigenvalue weighted by molar-refractivity contribution is 6.16. The van der Waals surface area contributed by atoms with Crippen molar-refractivity contribution in [3.63, 3.8) is 0 Å². The van der Waals surface area contributed by atoms with Gasteiger partial charge in [-0.25, -0.2) is 0 Å². The van der Waals surface area contributed by atoms with Crippen LogP contribution in [-0.2, 0) is 0 Å². The highest BCUT2D eigenvalue weighted by atomic mass is 16.5. The molecule has 0 radical (unpaired) electrons. The number of nitrogens with zero attached hydrogens (tertiary/aromatic N) is 2. The van der Waals surface area contributed by atoms with E-state index >= 15 is 0 Å². The number of aromatic nitrogens is 1. The number of rotatable bonds is 4. The minimum absolute atomic E-state index is 0.796. The van der Waals surface area contributed by atoms with E-state index in [0.29, 0.717) is 0 Å². The van der Waals surface area contributed by atoms with E-state index in [1.165, 1.54) is 0 Å². The second-order valence-corrected chi connectivity index (χ2v) is 12.1. The van der Waals surface area contributed by atoms with Gasteiger partial charge in [0.1, 0.15) is 16.9 Å². The summed E-state index contributed by atoms with van der Waals surface area (Å²) in [7, 11) is 0. The van der Waals surface area contributed by atoms with Crippen LogP contribution in [0.1, 0.15) is 0 Å². The van der Waals surface area contributed by atoms with E-state index in [1.54, 1.807) is 0 Å². The number of hydrogen-bond donors (Lipinski definition) is 0. The predicted octanol–water partition coefficient (Wildman–Crippen LogP) is 12.0. The maximum absolute atomic E-state index is 6.74. The van der Waals surface area contributed by atoms with Crippen LogP contribution >= 0.6 is 0 Å². The van der Waals surface area contributed by atoms with Gasteiger partial charge >= 0.3 is 0 Å². The van der Waals surface area contributed by atoms with E-state index in [-0.39, 0.29) is 0 Å². The SMILES string of the molecule is c1ccc(N(c2ccc(-c3ccc4c5cccc6c5n5c4c3Oc3cccc(c3-5)O6)cc2)c2ccc3oc4ccccc4c3c2)cc1. The molecule has 2 aliphatic rings. The molecule has 220 valence electrons. The van der Waals surface area contributed by atoms with Gasteiger partial charge in [-0.05, 0) is 78.4 Å². The van der Waals surface area contributed by atoms with E-state index in [2.05, 4.69) is 113 Å². The number of fused-ring (bicyclic) bond motifs is 4. The van der Waals surface area contributed by atoms with Crippen molar-refractivity contribution in [3.8, 4) is 39.8 Å². The molecule has 0 aliphatic carbocycles. The fourth-order valence-corrected chi connectivity index (χ4v) is 7.51. The van der Waals surface area contributed by atoms with E-state index in [0.717, 1.165) is 101 Å². The van der Waals surface area contributed by atoms with Crippen molar-refractivity contribution in [2.75, 3.05) is 4.90 Å². The van der Waals surface area contributed by atoms with Crippen LogP contribution in [0.5, 0.6) is 23.0 Å². The van der Waals surface area contributed by atoms with Crippen LogP contribution in [0.2, 0.25) is 0 Å². The van der Waals surface area contributed by atoms with Crippen LogP contribution < -0.4 is 14.4 Å². The Kier molecular flexibility index (Phi) is 4.78. The summed E-state index contributed by atoms with van der Waals surface area (Å²) >= 11 is 0. The summed E-state index contributed by atoms with van der Waals surface area (Å²) in [6, 6.07) is 50.6. The van der Waals surface area contributed by atoms with Crippen LogP contribution in [0, 0.1) is 0 Å². The maximum Gasteiger partial charge on any atom is 0.160 e. The van der Waals surface area contributed by atoms with E-state index in [1.807, 2.05) is 42.5 Å². The predicted molar refractivity (Wildman–Crippen MR) is 188 cm³/mol. The normalized spacial score (nSPS) is 12.6. The Hall–Kier alpha value is -6.46. The van der Waals surface area contributed by atoms with E-state index in [4.69, 9.17) is 13.9 Å². The van der Waals surface area contributed by atoms with Gasteiger partial charge < -0.3 is 18.8 Å². The summed E-state index contributed by atoms with van der Waals surface area (Å²) < 4.78 is 21.6. The first kappa shape index (κ1) is 24.8. The van der Waals surface area contributed by atoms with Crippen LogP contribution in [0.15, 0.2) is 150 Å². The van der Waals surface area contributed by atoms with Crippen molar-refractivity contribution in [2.45, 2.75) is 0 Å². The summed E-state index contributed by atoms with van der Waals surface area (Å²) in [5.74, 6) is 3.33. The zero-order valence-electron chi connectivity index (χ0n) is 25.0. The number of anilines is 3. The largest absolute Gasteiger partial charge is 0.456 e. The minimum atomic E-state index is 0.796. The summed E-state index contributed by atoms with van der Waals surface area (Å²) in [6.45, 7) is 0. The highest BCUT2D eigenvalue weighted by Gasteiger charge is 2.33. The quantitative estimate of drug-likeness (QED) is 0.200. The maximum atomic E-state index is 6.74. The van der Waals surface area contributed by atoms with Gasteiger partial charge in [-0.15, -0.1) is 0 Å². The number of benzene rings is 7. The second kappa shape index (κ2) is 9.05. The highest BCUT2D eigenvalue weighted by Crippen LogP contribution is 2.55. The third kappa shape index (κ3) is 3.37. The molecule has 5 heteroatoms. The number of ether oxygens (including phenoxy) is 2. The lowest BCUT2D eigenvalue weighted by Crippen LogP contribution is -2.10. The Morgan fingerprint density at radius 1 is 0.447 bits per heavy atom. The average Bonchev–Trinajstić information content (AvgIpc) is 3.67. The first-order valence-corrected chi connectivity index (χ1v) is 15.8. The minimum Gasteiger partial charge on any atom is -0.456 e. The molecule has 47 heavy (non-hydrogen) atoms. The molecule has 7 aromatic carbocycles. The molecule has 0 amide bonds. The van der Waals surface area contributed by atoms with Crippen LogP contribution in [-0.4, -0.2) is 4.57 Å². The number of hydrogen-bond acceptors (Lipinski definition) is 4. The van der Waals surface area contributed by atoms with Crippen molar-refractivity contribution in [2.24, 2.45) is 0 Å². The van der Waals surface area contributed by atoms with Gasteiger partial charge in [-0.3, -0.25) is 4.57 Å². The molecule has 0 N–H and O–H groups in total. The molecule has 0 unspecified atom stereocenters. The fraction of sp³-hybridized carbons (Fsp3) is 0. The Balaban J connectivity index is 1.08. The molecule has 0 saturated carbocycles. The third-order valence-corrected chi connectivity index (χ3v) is 9.55. The molecule has 2 aliphatic heterocycles. The van der Waals surface area contributed by atoms with Gasteiger partial charge in [0.05, 0.1) is 11.0 Å². The van der Waals surface area contributed by atoms with Crippen LogP contribution in [0.3, 0.4) is 0 Å². The molecule has 2 aromatic heterocycles. The Morgan fingerprint density at radius 2 is 1.13 bits per heavy atom. The van der Waals surface area contributed by atoms with Gasteiger partial charge in [0, 0.05) is 44.2 Å². The average molecular weight is 605 g/mol. The molecule has 11 rings (SSSR count). The third-order valence-electron chi connectivity index (χ3n) is 9.55. The lowest BCUT2D eigenvalue weighted by atomic mass is 10.0. The molecule has 0 bridgehead atoms. The smallest absolute Gasteiger partial charge is 0.160 e. The Morgan fingerprint density at radius 3 is 2.02 bits per heavy atom. The molecule has 5 nitrogen and oxygen atoms in total. The topological polar surface area (TPSA) is 39.8 Å². The first-order chi connectivity index (χ1) is 23.3. The van der Waals surface area contributed by atoms with E-state index < -0.39 is 0 Å². The molecule has 9 aromatic rings. The monoisotopic (exact) mass is 604 g/mol. The van der Waals surface area contributed by atoms with Gasteiger partial charge in [-0.2, -0.15) is 0 Å². The number of para-hydroxylation sites is 4.